The average Bonchev–Trinajstić information content (AvgIpc) is 3.22. The maximum absolute atomic E-state index is 12.6. The summed E-state index contributed by atoms with van der Waals surface area (Å²) in [6.45, 7) is 5.40. The molecule has 3 aromatic rings. The first-order chi connectivity index (χ1) is 15.9. The van der Waals surface area contributed by atoms with Crippen LogP contribution >= 0.6 is 0 Å². The molecule has 0 unspecified atom stereocenters. The second-order valence-electron chi connectivity index (χ2n) is 8.43. The van der Waals surface area contributed by atoms with E-state index in [9.17, 15) is 14.9 Å². The second-order valence-corrected chi connectivity index (χ2v) is 8.43. The van der Waals surface area contributed by atoms with Crippen LogP contribution in [0.15, 0.2) is 30.5 Å². The van der Waals surface area contributed by atoms with Gasteiger partial charge in [-0.05, 0) is 62.9 Å². The molecule has 3 heterocycles. The predicted molar refractivity (Wildman–Crippen MR) is 125 cm³/mol. The van der Waals surface area contributed by atoms with Crippen LogP contribution in [0.5, 0.6) is 0 Å². The fraction of sp³-hybridized carbons (Fsp3) is 0.375. The average molecular weight is 446 g/mol. The Bertz CT molecular complexity index is 1230. The van der Waals surface area contributed by atoms with E-state index in [1.165, 1.54) is 6.20 Å². The molecule has 170 valence electrons. The number of benzene rings is 1. The number of aryl methyl sites for hydroxylation is 2. The Balaban J connectivity index is 1.35. The van der Waals surface area contributed by atoms with E-state index in [2.05, 4.69) is 26.4 Å². The van der Waals surface area contributed by atoms with E-state index in [4.69, 9.17) is 5.73 Å². The number of nitrogens with zero attached hydrogens (tertiary/aromatic N) is 5. The molecule has 0 bridgehead atoms. The van der Waals surface area contributed by atoms with Gasteiger partial charge < -0.3 is 16.0 Å². The first kappa shape index (κ1) is 22.3. The predicted octanol–water partition coefficient (Wildman–Crippen LogP) is 2.49. The molecular weight excluding hydrogens is 418 g/mol. The van der Waals surface area contributed by atoms with Crippen LogP contribution in [0.25, 0.3) is 5.65 Å². The minimum absolute atomic E-state index is 0.0373. The number of rotatable bonds is 6. The maximum atomic E-state index is 12.6. The van der Waals surface area contributed by atoms with E-state index in [0.29, 0.717) is 24.1 Å². The zero-order valence-corrected chi connectivity index (χ0v) is 18.8. The molecule has 0 atom stereocenters. The number of anilines is 2. The number of nitriles is 1. The number of carbonyl (C=O) groups excluding carboxylic acids is 2. The summed E-state index contributed by atoms with van der Waals surface area (Å²) in [7, 11) is 0. The lowest BCUT2D eigenvalue weighted by atomic mass is 9.96. The molecule has 9 nitrogen and oxygen atoms in total. The third-order valence-electron chi connectivity index (χ3n) is 6.34. The number of nitrogens with two attached hydrogens (primary N) is 1. The normalized spacial score (nSPS) is 14.3. The molecular formula is C24H27N7O2. The van der Waals surface area contributed by atoms with Crippen LogP contribution in [-0.4, -0.2) is 39.5 Å². The van der Waals surface area contributed by atoms with Gasteiger partial charge in [0.15, 0.2) is 5.65 Å². The van der Waals surface area contributed by atoms with E-state index >= 15 is 0 Å². The highest BCUT2D eigenvalue weighted by atomic mass is 16.2. The van der Waals surface area contributed by atoms with Crippen LogP contribution in [0.3, 0.4) is 0 Å². The summed E-state index contributed by atoms with van der Waals surface area (Å²) in [5.41, 5.74) is 10.8. The van der Waals surface area contributed by atoms with E-state index in [0.717, 1.165) is 54.3 Å². The Morgan fingerprint density at radius 3 is 2.55 bits per heavy atom. The number of aromatic nitrogens is 3. The van der Waals surface area contributed by atoms with Gasteiger partial charge in [-0.3, -0.25) is 9.59 Å². The summed E-state index contributed by atoms with van der Waals surface area (Å²) in [6, 6.07) is 9.85. The molecule has 1 aliphatic heterocycles. The molecule has 0 aliphatic carbocycles. The topological polar surface area (TPSA) is 129 Å². The molecule has 1 fully saturated rings. The van der Waals surface area contributed by atoms with Crippen molar-refractivity contribution in [3.05, 3.63) is 53.0 Å². The van der Waals surface area contributed by atoms with Crippen LogP contribution < -0.4 is 16.0 Å². The van der Waals surface area contributed by atoms with Crippen LogP contribution in [-0.2, 0) is 16.0 Å². The highest BCUT2D eigenvalue weighted by Crippen LogP contribution is 2.25. The zero-order valence-electron chi connectivity index (χ0n) is 18.8. The number of hydrogen-bond acceptors (Lipinski definition) is 6. The third kappa shape index (κ3) is 4.65. The molecule has 9 heteroatoms. The number of fused-ring (bicyclic) bond motifs is 1. The van der Waals surface area contributed by atoms with Gasteiger partial charge in [-0.15, -0.1) is 0 Å². The summed E-state index contributed by atoms with van der Waals surface area (Å²) < 4.78 is 1.66. The fourth-order valence-corrected chi connectivity index (χ4v) is 4.39. The lowest BCUT2D eigenvalue weighted by molar-refractivity contribution is -0.122. The van der Waals surface area contributed by atoms with Crippen molar-refractivity contribution in [2.24, 2.45) is 11.7 Å². The second kappa shape index (κ2) is 9.28. The smallest absolute Gasteiger partial charge is 0.224 e. The molecule has 2 amide bonds. The third-order valence-corrected chi connectivity index (χ3v) is 6.34. The summed E-state index contributed by atoms with van der Waals surface area (Å²) in [5.74, 6) is -0.336. The molecule has 4 rings (SSSR count). The van der Waals surface area contributed by atoms with Crippen molar-refractivity contribution >= 4 is 28.8 Å². The molecule has 0 saturated carbocycles. The Hall–Kier alpha value is -3.93. The monoisotopic (exact) mass is 445 g/mol. The first-order valence-electron chi connectivity index (χ1n) is 11.1. The molecule has 0 spiro atoms. The molecule has 1 aliphatic rings. The Kier molecular flexibility index (Phi) is 6.27. The van der Waals surface area contributed by atoms with Crippen molar-refractivity contribution in [1.29, 1.82) is 5.26 Å². The van der Waals surface area contributed by atoms with Crippen molar-refractivity contribution in [2.75, 3.05) is 23.3 Å². The van der Waals surface area contributed by atoms with Gasteiger partial charge in [0, 0.05) is 48.2 Å². The molecule has 1 aromatic carbocycles. The summed E-state index contributed by atoms with van der Waals surface area (Å²) in [4.78, 5) is 30.6. The minimum Gasteiger partial charge on any atom is -0.371 e. The number of carbonyl (C=O) groups is 2. The molecule has 33 heavy (non-hydrogen) atoms. The number of piperidine rings is 1. The van der Waals surface area contributed by atoms with Crippen LogP contribution in [0.1, 0.15) is 41.8 Å². The van der Waals surface area contributed by atoms with Crippen LogP contribution in [0.2, 0.25) is 0 Å². The number of amides is 2. The summed E-state index contributed by atoms with van der Waals surface area (Å²) >= 11 is 0. The SMILES string of the molecule is Cc1nc2c(C#N)cnn2c(C)c1CCC(=O)Nc1ccc(N2CCC(C(N)=O)CC2)cc1. The van der Waals surface area contributed by atoms with Crippen molar-refractivity contribution in [3.8, 4) is 6.07 Å². The summed E-state index contributed by atoms with van der Waals surface area (Å²) in [6.07, 6.45) is 3.88. The molecule has 3 N–H and O–H groups in total. The molecule has 2 aromatic heterocycles. The number of hydrogen-bond donors (Lipinski definition) is 2. The standard InChI is InChI=1S/C24H27N7O2/c1-15-21(16(2)31-24(28-15)18(13-25)14-27-31)7-8-22(32)29-19-3-5-20(6-4-19)30-11-9-17(10-12-30)23(26)33/h3-6,14,17H,7-12H2,1-2H3,(H2,26,33)(H,29,32). The lowest BCUT2D eigenvalue weighted by Crippen LogP contribution is -2.38. The van der Waals surface area contributed by atoms with E-state index < -0.39 is 0 Å². The van der Waals surface area contributed by atoms with Crippen molar-refractivity contribution < 1.29 is 9.59 Å². The van der Waals surface area contributed by atoms with Crippen molar-refractivity contribution in [1.82, 2.24) is 14.6 Å². The fourth-order valence-electron chi connectivity index (χ4n) is 4.39. The minimum atomic E-state index is -0.217. The molecule has 0 radical (unpaired) electrons. The number of primary amides is 1. The van der Waals surface area contributed by atoms with Gasteiger partial charge in [0.25, 0.3) is 0 Å². The van der Waals surface area contributed by atoms with Gasteiger partial charge >= 0.3 is 0 Å². The van der Waals surface area contributed by atoms with Gasteiger partial charge in [-0.2, -0.15) is 10.4 Å². The highest BCUT2D eigenvalue weighted by Gasteiger charge is 2.23. The van der Waals surface area contributed by atoms with Crippen molar-refractivity contribution in [2.45, 2.75) is 39.5 Å². The van der Waals surface area contributed by atoms with Gasteiger partial charge in [0.2, 0.25) is 11.8 Å². The quantitative estimate of drug-likeness (QED) is 0.600. The maximum Gasteiger partial charge on any atom is 0.224 e. The Labute approximate surface area is 192 Å². The zero-order chi connectivity index (χ0) is 23.5. The van der Waals surface area contributed by atoms with E-state index in [1.807, 2.05) is 38.1 Å². The highest BCUT2D eigenvalue weighted by molar-refractivity contribution is 5.91. The largest absolute Gasteiger partial charge is 0.371 e. The van der Waals surface area contributed by atoms with Gasteiger partial charge in [-0.25, -0.2) is 9.50 Å². The summed E-state index contributed by atoms with van der Waals surface area (Å²) in [5, 5.41) is 16.4. The van der Waals surface area contributed by atoms with Gasteiger partial charge in [0.1, 0.15) is 11.6 Å². The van der Waals surface area contributed by atoms with Crippen LogP contribution in [0, 0.1) is 31.1 Å². The van der Waals surface area contributed by atoms with E-state index in [-0.39, 0.29) is 17.7 Å². The molecule has 1 saturated heterocycles. The Morgan fingerprint density at radius 2 is 1.91 bits per heavy atom. The first-order valence-corrected chi connectivity index (χ1v) is 11.1. The Morgan fingerprint density at radius 1 is 1.21 bits per heavy atom. The van der Waals surface area contributed by atoms with E-state index in [1.54, 1.807) is 4.52 Å². The number of nitrogens with one attached hydrogen (secondary N) is 1. The van der Waals surface area contributed by atoms with Gasteiger partial charge in [0.05, 0.1) is 6.20 Å². The lowest BCUT2D eigenvalue weighted by Gasteiger charge is -2.32. The van der Waals surface area contributed by atoms with Crippen molar-refractivity contribution in [3.63, 3.8) is 0 Å². The van der Waals surface area contributed by atoms with Gasteiger partial charge in [-0.1, -0.05) is 0 Å². The van der Waals surface area contributed by atoms with Crippen LogP contribution in [0.4, 0.5) is 11.4 Å².